The molecule has 1 saturated heterocycles. The van der Waals surface area contributed by atoms with Gasteiger partial charge in [0.2, 0.25) is 0 Å². The van der Waals surface area contributed by atoms with Crippen LogP contribution >= 0.6 is 0 Å². The van der Waals surface area contributed by atoms with E-state index in [0.29, 0.717) is 0 Å². The molecule has 0 atom stereocenters. The van der Waals surface area contributed by atoms with Gasteiger partial charge in [-0.15, -0.1) is 0 Å². The van der Waals surface area contributed by atoms with E-state index >= 15 is 0 Å². The van der Waals surface area contributed by atoms with Gasteiger partial charge in [0.05, 0.1) is 0 Å². The first-order valence-electron chi connectivity index (χ1n) is 4.90. The molecule has 0 radical (unpaired) electrons. The van der Waals surface area contributed by atoms with Crippen LogP contribution in [0.5, 0.6) is 0 Å². The Morgan fingerprint density at radius 3 is 2.58 bits per heavy atom. The summed E-state index contributed by atoms with van der Waals surface area (Å²) < 4.78 is 0. The molecule has 0 saturated carbocycles. The second-order valence-corrected chi connectivity index (χ2v) is 3.55. The summed E-state index contributed by atoms with van der Waals surface area (Å²) >= 11 is 0. The average molecular weight is 168 g/mol. The van der Waals surface area contributed by atoms with E-state index in [1.807, 2.05) is 0 Å². The summed E-state index contributed by atoms with van der Waals surface area (Å²) in [6.45, 7) is 6.52. The second kappa shape index (κ2) is 5.33. The first kappa shape index (κ1) is 9.75. The number of hydrogen-bond donors (Lipinski definition) is 1. The maximum absolute atomic E-state index is 5.62. The molecule has 1 heterocycles. The number of nitrogens with zero attached hydrogens (tertiary/aromatic N) is 1. The summed E-state index contributed by atoms with van der Waals surface area (Å²) in [5.41, 5.74) is 5.62. The molecule has 0 aromatic carbocycles. The van der Waals surface area contributed by atoms with Crippen LogP contribution in [0.1, 0.15) is 19.8 Å². The van der Waals surface area contributed by atoms with E-state index in [1.54, 1.807) is 0 Å². The van der Waals surface area contributed by atoms with Crippen LogP contribution < -0.4 is 5.73 Å². The molecule has 70 valence electrons. The van der Waals surface area contributed by atoms with E-state index in [2.05, 4.69) is 24.0 Å². The van der Waals surface area contributed by atoms with E-state index in [-0.39, 0.29) is 0 Å². The summed E-state index contributed by atoms with van der Waals surface area (Å²) in [5, 5.41) is 0. The summed E-state index contributed by atoms with van der Waals surface area (Å²) in [6, 6.07) is 0. The van der Waals surface area contributed by atoms with E-state index in [4.69, 9.17) is 5.73 Å². The Bertz CT molecular complexity index is 135. The fraction of sp³-hybridized carbons (Fsp3) is 0.800. The lowest BCUT2D eigenvalue weighted by molar-refractivity contribution is 0.204. The van der Waals surface area contributed by atoms with Gasteiger partial charge >= 0.3 is 0 Å². The van der Waals surface area contributed by atoms with Crippen LogP contribution in [-0.4, -0.2) is 31.1 Å². The smallest absolute Gasteiger partial charge is 0.0163 e. The fourth-order valence-corrected chi connectivity index (χ4v) is 1.66. The van der Waals surface area contributed by atoms with Gasteiger partial charge in [0, 0.05) is 6.54 Å². The Morgan fingerprint density at radius 1 is 1.42 bits per heavy atom. The highest BCUT2D eigenvalue weighted by molar-refractivity contribution is 4.83. The molecule has 2 N–H and O–H groups in total. The molecule has 12 heavy (non-hydrogen) atoms. The monoisotopic (exact) mass is 168 g/mol. The Balaban J connectivity index is 2.17. The third-order valence-electron chi connectivity index (χ3n) is 2.64. The van der Waals surface area contributed by atoms with Crippen LogP contribution in [0.3, 0.4) is 0 Å². The number of piperidine rings is 1. The Kier molecular flexibility index (Phi) is 4.33. The summed E-state index contributed by atoms with van der Waals surface area (Å²) in [7, 11) is 0. The normalized spacial score (nSPS) is 22.2. The molecule has 1 rings (SSSR count). The van der Waals surface area contributed by atoms with Crippen molar-refractivity contribution in [3.8, 4) is 0 Å². The van der Waals surface area contributed by atoms with Gasteiger partial charge in [0.1, 0.15) is 0 Å². The lowest BCUT2D eigenvalue weighted by atomic mass is 9.97. The SMILES string of the molecule is C/C=C/CN1CCC(CN)CC1. The van der Waals surface area contributed by atoms with Gasteiger partial charge < -0.3 is 5.73 Å². The minimum Gasteiger partial charge on any atom is -0.330 e. The molecule has 1 aliphatic heterocycles. The Morgan fingerprint density at radius 2 is 2.08 bits per heavy atom. The number of hydrogen-bond acceptors (Lipinski definition) is 2. The highest BCUT2D eigenvalue weighted by Gasteiger charge is 2.16. The van der Waals surface area contributed by atoms with Gasteiger partial charge in [-0.25, -0.2) is 0 Å². The number of likely N-dealkylation sites (tertiary alicyclic amines) is 1. The standard InChI is InChI=1S/C10H20N2/c1-2-3-6-12-7-4-10(9-11)5-8-12/h2-3,10H,4-9,11H2,1H3/b3-2+. The zero-order valence-corrected chi connectivity index (χ0v) is 8.00. The van der Waals surface area contributed by atoms with Crippen molar-refractivity contribution in [2.75, 3.05) is 26.2 Å². The van der Waals surface area contributed by atoms with Crippen molar-refractivity contribution in [1.29, 1.82) is 0 Å². The molecule has 0 spiro atoms. The van der Waals surface area contributed by atoms with E-state index in [0.717, 1.165) is 19.0 Å². The first-order valence-corrected chi connectivity index (χ1v) is 4.90. The van der Waals surface area contributed by atoms with Gasteiger partial charge in [-0.1, -0.05) is 12.2 Å². The summed E-state index contributed by atoms with van der Waals surface area (Å²) in [4.78, 5) is 2.49. The zero-order valence-electron chi connectivity index (χ0n) is 8.00. The van der Waals surface area contributed by atoms with Crippen LogP contribution in [0.15, 0.2) is 12.2 Å². The average Bonchev–Trinajstić information content (AvgIpc) is 2.15. The van der Waals surface area contributed by atoms with Crippen molar-refractivity contribution in [3.63, 3.8) is 0 Å². The van der Waals surface area contributed by atoms with Crippen LogP contribution in [0.4, 0.5) is 0 Å². The highest BCUT2D eigenvalue weighted by atomic mass is 15.1. The third kappa shape index (κ3) is 2.95. The number of allylic oxidation sites excluding steroid dienone is 1. The Hall–Kier alpha value is -0.340. The predicted octanol–water partition coefficient (Wildman–Crippen LogP) is 1.23. The molecule has 0 bridgehead atoms. The molecule has 0 aliphatic carbocycles. The highest BCUT2D eigenvalue weighted by Crippen LogP contribution is 2.15. The van der Waals surface area contributed by atoms with Gasteiger partial charge in [-0.05, 0) is 45.3 Å². The topological polar surface area (TPSA) is 29.3 Å². The van der Waals surface area contributed by atoms with Crippen molar-refractivity contribution in [3.05, 3.63) is 12.2 Å². The molecule has 0 aromatic rings. The molecule has 0 amide bonds. The van der Waals surface area contributed by atoms with Gasteiger partial charge in [-0.2, -0.15) is 0 Å². The summed E-state index contributed by atoms with van der Waals surface area (Å²) in [6.07, 6.45) is 6.92. The van der Waals surface area contributed by atoms with E-state index in [1.165, 1.54) is 25.9 Å². The van der Waals surface area contributed by atoms with Crippen LogP contribution in [0.2, 0.25) is 0 Å². The molecule has 0 unspecified atom stereocenters. The summed E-state index contributed by atoms with van der Waals surface area (Å²) in [5.74, 6) is 0.784. The lowest BCUT2D eigenvalue weighted by Crippen LogP contribution is -2.36. The minimum atomic E-state index is 0.784. The van der Waals surface area contributed by atoms with Crippen LogP contribution in [0, 0.1) is 5.92 Å². The first-order chi connectivity index (χ1) is 5.86. The van der Waals surface area contributed by atoms with Gasteiger partial charge in [0.25, 0.3) is 0 Å². The quantitative estimate of drug-likeness (QED) is 0.642. The van der Waals surface area contributed by atoms with Crippen LogP contribution in [-0.2, 0) is 0 Å². The fourth-order valence-electron chi connectivity index (χ4n) is 1.66. The van der Waals surface area contributed by atoms with Gasteiger partial charge in [0.15, 0.2) is 0 Å². The van der Waals surface area contributed by atoms with Crippen LogP contribution in [0.25, 0.3) is 0 Å². The number of nitrogens with two attached hydrogens (primary N) is 1. The zero-order chi connectivity index (χ0) is 8.81. The molecule has 0 aromatic heterocycles. The van der Waals surface area contributed by atoms with Crippen molar-refractivity contribution in [1.82, 2.24) is 4.90 Å². The van der Waals surface area contributed by atoms with E-state index in [9.17, 15) is 0 Å². The second-order valence-electron chi connectivity index (χ2n) is 3.55. The molecule has 2 heteroatoms. The molecular formula is C10H20N2. The van der Waals surface area contributed by atoms with Gasteiger partial charge in [-0.3, -0.25) is 4.90 Å². The van der Waals surface area contributed by atoms with Crippen molar-refractivity contribution < 1.29 is 0 Å². The Labute approximate surface area is 75.4 Å². The van der Waals surface area contributed by atoms with Crippen molar-refractivity contribution in [2.45, 2.75) is 19.8 Å². The predicted molar refractivity (Wildman–Crippen MR) is 53.0 cm³/mol. The molecular weight excluding hydrogens is 148 g/mol. The maximum atomic E-state index is 5.62. The largest absolute Gasteiger partial charge is 0.330 e. The number of rotatable bonds is 3. The van der Waals surface area contributed by atoms with E-state index < -0.39 is 0 Å². The maximum Gasteiger partial charge on any atom is 0.0163 e. The van der Waals surface area contributed by atoms with Crippen molar-refractivity contribution >= 4 is 0 Å². The minimum absolute atomic E-state index is 0.784. The molecule has 1 fully saturated rings. The molecule has 1 aliphatic rings. The lowest BCUT2D eigenvalue weighted by Gasteiger charge is -2.30. The van der Waals surface area contributed by atoms with Crippen molar-refractivity contribution in [2.24, 2.45) is 11.7 Å². The third-order valence-corrected chi connectivity index (χ3v) is 2.64. The molecule has 2 nitrogen and oxygen atoms in total.